The van der Waals surface area contributed by atoms with Crippen molar-refractivity contribution >= 4 is 29.3 Å². The lowest BCUT2D eigenvalue weighted by Crippen LogP contribution is -2.31. The molecule has 1 saturated heterocycles. The molecule has 1 heterocycles. The number of benzene rings is 1. The first-order chi connectivity index (χ1) is 9.70. The van der Waals surface area contributed by atoms with Gasteiger partial charge in [-0.1, -0.05) is 13.8 Å². The topological polar surface area (TPSA) is 17.1 Å². The molecular formula is C14H14F4OS2. The van der Waals surface area contributed by atoms with Crippen LogP contribution in [0.15, 0.2) is 18.2 Å². The predicted molar refractivity (Wildman–Crippen MR) is 78.5 cm³/mol. The molecule has 1 aliphatic heterocycles. The number of ketones is 1. The van der Waals surface area contributed by atoms with Crippen molar-refractivity contribution in [3.63, 3.8) is 0 Å². The second-order valence-corrected chi connectivity index (χ2v) is 7.92. The Morgan fingerprint density at radius 2 is 1.90 bits per heavy atom. The van der Waals surface area contributed by atoms with Crippen LogP contribution in [-0.4, -0.2) is 27.3 Å². The summed E-state index contributed by atoms with van der Waals surface area (Å²) in [5.74, 6) is -1.16. The van der Waals surface area contributed by atoms with Gasteiger partial charge in [0.2, 0.25) is 0 Å². The summed E-state index contributed by atoms with van der Waals surface area (Å²) >= 11 is 3.10. The summed E-state index contributed by atoms with van der Waals surface area (Å²) in [5.41, 5.74) is -1.47. The Morgan fingerprint density at radius 1 is 1.24 bits per heavy atom. The Balaban J connectivity index is 2.24. The number of carbonyl (C=O) groups excluding carboxylic acids is 1. The van der Waals surface area contributed by atoms with E-state index in [4.69, 9.17) is 0 Å². The number of thioether (sulfide) groups is 2. The summed E-state index contributed by atoms with van der Waals surface area (Å²) in [6, 6.07) is 2.45. The summed E-state index contributed by atoms with van der Waals surface area (Å²) in [5, 5.41) is 0.269. The zero-order chi connectivity index (χ0) is 15.8. The van der Waals surface area contributed by atoms with Crippen LogP contribution in [0.2, 0.25) is 0 Å². The van der Waals surface area contributed by atoms with E-state index in [1.54, 1.807) is 11.8 Å². The van der Waals surface area contributed by atoms with Gasteiger partial charge in [-0.2, -0.15) is 24.9 Å². The van der Waals surface area contributed by atoms with Crippen LogP contribution >= 0.6 is 23.5 Å². The van der Waals surface area contributed by atoms with Gasteiger partial charge in [-0.15, -0.1) is 11.8 Å². The summed E-state index contributed by atoms with van der Waals surface area (Å²) in [4.78, 5) is 12.3. The monoisotopic (exact) mass is 338 g/mol. The lowest BCUT2D eigenvalue weighted by Gasteiger charge is -2.30. The van der Waals surface area contributed by atoms with Gasteiger partial charge in [-0.05, 0) is 18.2 Å². The maximum atomic E-state index is 13.2. The van der Waals surface area contributed by atoms with E-state index in [1.165, 1.54) is 11.8 Å². The van der Waals surface area contributed by atoms with E-state index in [0.717, 1.165) is 6.07 Å². The Hall–Kier alpha value is -0.690. The number of hydrogen-bond acceptors (Lipinski definition) is 3. The van der Waals surface area contributed by atoms with Gasteiger partial charge in [0.25, 0.3) is 0 Å². The van der Waals surface area contributed by atoms with Gasteiger partial charge in [-0.25, -0.2) is 4.39 Å². The minimum atomic E-state index is -4.80. The standard InChI is InChI=1S/C14H14F4OS2/c1-7-8(2)21-12(6-20-7)13(19)9-3-4-11(15)10(5-9)14(16,17)18/h3-5,7-8,12H,6H2,1-2H3. The highest BCUT2D eigenvalue weighted by Crippen LogP contribution is 2.38. The molecule has 1 aromatic rings. The van der Waals surface area contributed by atoms with Gasteiger partial charge in [0, 0.05) is 21.8 Å². The Bertz CT molecular complexity index is 544. The zero-order valence-electron chi connectivity index (χ0n) is 11.4. The van der Waals surface area contributed by atoms with Crippen LogP contribution in [0.25, 0.3) is 0 Å². The SMILES string of the molecule is CC1SCC(C(=O)c2ccc(F)c(C(F)(F)F)c2)SC1C. The summed E-state index contributed by atoms with van der Waals surface area (Å²) in [6.45, 7) is 4.05. The smallest absolute Gasteiger partial charge is 0.293 e. The molecule has 0 saturated carbocycles. The minimum absolute atomic E-state index is 0.0800. The summed E-state index contributed by atoms with van der Waals surface area (Å²) in [7, 11) is 0. The van der Waals surface area contributed by atoms with Crippen molar-refractivity contribution in [2.75, 3.05) is 5.75 Å². The number of halogens is 4. The number of rotatable bonds is 2. The highest BCUT2D eigenvalue weighted by Gasteiger charge is 2.36. The van der Waals surface area contributed by atoms with E-state index >= 15 is 0 Å². The number of Topliss-reactive ketones (excluding diaryl/α,β-unsaturated/α-hetero) is 1. The molecule has 0 radical (unpaired) electrons. The summed E-state index contributed by atoms with van der Waals surface area (Å²) in [6.07, 6.45) is -4.80. The molecule has 3 atom stereocenters. The van der Waals surface area contributed by atoms with Crippen molar-refractivity contribution < 1.29 is 22.4 Å². The Kier molecular flexibility index (Phi) is 4.92. The maximum Gasteiger partial charge on any atom is 0.419 e. The second kappa shape index (κ2) is 6.20. The fourth-order valence-corrected chi connectivity index (χ4v) is 4.88. The quantitative estimate of drug-likeness (QED) is 0.577. The maximum absolute atomic E-state index is 13.2. The average molecular weight is 338 g/mol. The molecule has 1 aromatic carbocycles. The Labute approximate surface area is 128 Å². The van der Waals surface area contributed by atoms with Crippen molar-refractivity contribution in [2.45, 2.75) is 35.8 Å². The normalized spacial score (nSPS) is 26.7. The average Bonchev–Trinajstić information content (AvgIpc) is 2.40. The van der Waals surface area contributed by atoms with Crippen molar-refractivity contribution in [3.05, 3.63) is 35.1 Å². The molecule has 116 valence electrons. The molecule has 0 aliphatic carbocycles. The van der Waals surface area contributed by atoms with E-state index in [2.05, 4.69) is 6.92 Å². The number of hydrogen-bond donors (Lipinski definition) is 0. The molecule has 0 aromatic heterocycles. The van der Waals surface area contributed by atoms with Crippen LogP contribution < -0.4 is 0 Å². The van der Waals surface area contributed by atoms with Crippen LogP contribution in [0.4, 0.5) is 17.6 Å². The Morgan fingerprint density at radius 3 is 2.48 bits per heavy atom. The molecule has 1 fully saturated rings. The van der Waals surface area contributed by atoms with E-state index in [-0.39, 0.29) is 21.8 Å². The van der Waals surface area contributed by atoms with Gasteiger partial charge in [0.1, 0.15) is 5.82 Å². The molecule has 1 aliphatic rings. The van der Waals surface area contributed by atoms with E-state index in [1.807, 2.05) is 6.92 Å². The van der Waals surface area contributed by atoms with E-state index < -0.39 is 17.6 Å². The first-order valence-corrected chi connectivity index (χ1v) is 8.37. The minimum Gasteiger partial charge on any atom is -0.293 e. The van der Waals surface area contributed by atoms with Gasteiger partial charge >= 0.3 is 6.18 Å². The van der Waals surface area contributed by atoms with Crippen LogP contribution in [0, 0.1) is 5.82 Å². The lowest BCUT2D eigenvalue weighted by atomic mass is 10.0. The van der Waals surface area contributed by atoms with Gasteiger partial charge in [-0.3, -0.25) is 4.79 Å². The molecular weight excluding hydrogens is 324 g/mol. The zero-order valence-corrected chi connectivity index (χ0v) is 13.0. The van der Waals surface area contributed by atoms with Crippen LogP contribution in [0.5, 0.6) is 0 Å². The molecule has 21 heavy (non-hydrogen) atoms. The second-order valence-electron chi connectivity index (χ2n) is 4.92. The third-order valence-corrected chi connectivity index (χ3v) is 6.79. The third kappa shape index (κ3) is 3.74. The highest BCUT2D eigenvalue weighted by atomic mass is 32.2. The number of alkyl halides is 3. The van der Waals surface area contributed by atoms with Crippen LogP contribution in [-0.2, 0) is 6.18 Å². The molecule has 0 amide bonds. The summed E-state index contributed by atoms with van der Waals surface area (Å²) < 4.78 is 51.3. The van der Waals surface area contributed by atoms with Gasteiger partial charge in [0.15, 0.2) is 5.78 Å². The lowest BCUT2D eigenvalue weighted by molar-refractivity contribution is -0.140. The van der Waals surface area contributed by atoms with Crippen molar-refractivity contribution in [2.24, 2.45) is 0 Å². The fraction of sp³-hybridized carbons (Fsp3) is 0.500. The largest absolute Gasteiger partial charge is 0.419 e. The molecule has 0 N–H and O–H groups in total. The van der Waals surface area contributed by atoms with Crippen molar-refractivity contribution in [3.8, 4) is 0 Å². The first-order valence-electron chi connectivity index (χ1n) is 6.38. The predicted octanol–water partition coefficient (Wildman–Crippen LogP) is 4.65. The fourth-order valence-electron chi connectivity index (χ4n) is 2.00. The van der Waals surface area contributed by atoms with Crippen molar-refractivity contribution in [1.82, 2.24) is 0 Å². The molecule has 2 rings (SSSR count). The molecule has 3 unspecified atom stereocenters. The van der Waals surface area contributed by atoms with E-state index in [0.29, 0.717) is 23.1 Å². The van der Waals surface area contributed by atoms with E-state index in [9.17, 15) is 22.4 Å². The van der Waals surface area contributed by atoms with Gasteiger partial charge in [0.05, 0.1) is 10.8 Å². The van der Waals surface area contributed by atoms with Crippen LogP contribution in [0.1, 0.15) is 29.8 Å². The number of carbonyl (C=O) groups is 1. The molecule has 0 spiro atoms. The molecule has 0 bridgehead atoms. The molecule has 7 heteroatoms. The van der Waals surface area contributed by atoms with Crippen molar-refractivity contribution in [1.29, 1.82) is 0 Å². The van der Waals surface area contributed by atoms with Crippen LogP contribution in [0.3, 0.4) is 0 Å². The first kappa shape index (κ1) is 16.7. The third-order valence-electron chi connectivity index (χ3n) is 3.40. The molecule has 1 nitrogen and oxygen atoms in total. The van der Waals surface area contributed by atoms with Gasteiger partial charge < -0.3 is 0 Å². The highest BCUT2D eigenvalue weighted by molar-refractivity contribution is 8.08.